The van der Waals surface area contributed by atoms with Gasteiger partial charge in [-0.3, -0.25) is 13.6 Å². The van der Waals surface area contributed by atoms with Gasteiger partial charge in [-0.1, -0.05) is 0 Å². The van der Waals surface area contributed by atoms with Crippen LogP contribution in [0.4, 0.5) is 5.82 Å². The van der Waals surface area contributed by atoms with E-state index in [1.54, 1.807) is 10.9 Å². The second-order valence-corrected chi connectivity index (χ2v) is 6.26. The predicted molar refractivity (Wildman–Crippen MR) is 68.9 cm³/mol. The van der Waals surface area contributed by atoms with E-state index in [1.165, 1.54) is 6.33 Å². The van der Waals surface area contributed by atoms with Crippen LogP contribution in [0.2, 0.25) is 0 Å². The lowest BCUT2D eigenvalue weighted by Gasteiger charge is -2.26. The Hall–Kier alpha value is -1.58. The van der Waals surface area contributed by atoms with Gasteiger partial charge in [-0.15, -0.1) is 0 Å². The average Bonchev–Trinajstić information content (AvgIpc) is 3.01. The van der Waals surface area contributed by atoms with E-state index in [0.717, 1.165) is 0 Å². The van der Waals surface area contributed by atoms with Crippen LogP contribution in [0.15, 0.2) is 12.7 Å². The standard InChI is InChI=1S/C10H12N5O5P/c11-9-8-10(13-3-12-9)15(4-14-8)7-1-5-6(19-7)2-18-21(16,17)20-5/h3-7H,1-2H2,(H,16,17)(H2,11,12,13). The van der Waals surface area contributed by atoms with E-state index in [4.69, 9.17) is 19.5 Å². The topological polar surface area (TPSA) is 135 Å². The van der Waals surface area contributed by atoms with Crippen LogP contribution in [-0.2, 0) is 18.3 Å². The molecule has 0 aliphatic carbocycles. The second kappa shape index (κ2) is 4.46. The molecule has 3 N–H and O–H groups in total. The van der Waals surface area contributed by atoms with Crippen LogP contribution < -0.4 is 5.73 Å². The summed E-state index contributed by atoms with van der Waals surface area (Å²) in [6, 6.07) is 0. The summed E-state index contributed by atoms with van der Waals surface area (Å²) in [6.45, 7) is 0.0126. The number of ether oxygens (including phenoxy) is 1. The third-order valence-corrected chi connectivity index (χ3v) is 4.56. The van der Waals surface area contributed by atoms with Crippen molar-refractivity contribution >= 4 is 24.8 Å². The minimum Gasteiger partial charge on any atom is -0.382 e. The van der Waals surface area contributed by atoms with Crippen LogP contribution in [0.25, 0.3) is 11.2 Å². The molecule has 0 spiro atoms. The normalized spacial score (nSPS) is 36.0. The molecule has 0 amide bonds. The number of imidazole rings is 1. The maximum atomic E-state index is 11.4. The zero-order chi connectivity index (χ0) is 14.6. The van der Waals surface area contributed by atoms with Gasteiger partial charge in [-0.2, -0.15) is 0 Å². The molecule has 11 heteroatoms. The molecule has 0 radical (unpaired) electrons. The molecule has 4 rings (SSSR count). The van der Waals surface area contributed by atoms with Crippen LogP contribution in [0.3, 0.4) is 0 Å². The summed E-state index contributed by atoms with van der Waals surface area (Å²) in [5.41, 5.74) is 6.77. The monoisotopic (exact) mass is 313 g/mol. The third-order valence-electron chi connectivity index (χ3n) is 3.55. The highest BCUT2D eigenvalue weighted by atomic mass is 31.2. The molecule has 2 aliphatic rings. The summed E-state index contributed by atoms with van der Waals surface area (Å²) in [4.78, 5) is 21.5. The zero-order valence-electron chi connectivity index (χ0n) is 10.7. The molecule has 2 aromatic rings. The molecule has 112 valence electrons. The molecule has 4 unspecified atom stereocenters. The smallest absolute Gasteiger partial charge is 0.382 e. The molecule has 10 nitrogen and oxygen atoms in total. The molecule has 0 bridgehead atoms. The van der Waals surface area contributed by atoms with Gasteiger partial charge in [-0.25, -0.2) is 19.5 Å². The zero-order valence-corrected chi connectivity index (χ0v) is 11.6. The first-order chi connectivity index (χ1) is 10.0. The van der Waals surface area contributed by atoms with Gasteiger partial charge >= 0.3 is 7.82 Å². The van der Waals surface area contributed by atoms with Gasteiger partial charge in [-0.05, 0) is 0 Å². The number of aromatic nitrogens is 4. The van der Waals surface area contributed by atoms with E-state index in [2.05, 4.69) is 15.0 Å². The molecule has 2 aromatic heterocycles. The molecular weight excluding hydrogens is 301 g/mol. The molecule has 21 heavy (non-hydrogen) atoms. The van der Waals surface area contributed by atoms with E-state index >= 15 is 0 Å². The number of hydrogen-bond donors (Lipinski definition) is 2. The Morgan fingerprint density at radius 2 is 2.24 bits per heavy atom. The lowest BCUT2D eigenvalue weighted by Crippen LogP contribution is -2.32. The van der Waals surface area contributed by atoms with Gasteiger partial charge in [0.25, 0.3) is 0 Å². The van der Waals surface area contributed by atoms with Gasteiger partial charge in [0, 0.05) is 6.42 Å². The Balaban J connectivity index is 1.66. The van der Waals surface area contributed by atoms with E-state index in [0.29, 0.717) is 17.6 Å². The minimum absolute atomic E-state index is 0.0126. The first kappa shape index (κ1) is 13.1. The lowest BCUT2D eigenvalue weighted by atomic mass is 10.2. The fourth-order valence-electron chi connectivity index (χ4n) is 2.58. The fourth-order valence-corrected chi connectivity index (χ4v) is 3.54. The predicted octanol–water partition coefficient (Wildman–Crippen LogP) is 0.212. The fraction of sp³-hybridized carbons (Fsp3) is 0.500. The highest BCUT2D eigenvalue weighted by Gasteiger charge is 2.46. The SMILES string of the molecule is Nc1ncnc2c1ncn2C1CC2OP(=O)(O)OCC2O1. The number of hydrogen-bond acceptors (Lipinski definition) is 8. The molecular formula is C10H12N5O5P. The summed E-state index contributed by atoms with van der Waals surface area (Å²) >= 11 is 0. The number of nitrogen functional groups attached to an aromatic ring is 1. The average molecular weight is 313 g/mol. The largest absolute Gasteiger partial charge is 0.472 e. The van der Waals surface area contributed by atoms with Crippen molar-refractivity contribution in [3.8, 4) is 0 Å². The van der Waals surface area contributed by atoms with Crippen molar-refractivity contribution in [2.75, 3.05) is 12.3 Å². The molecule has 4 heterocycles. The summed E-state index contributed by atoms with van der Waals surface area (Å²) in [6.07, 6.45) is 1.97. The number of nitrogens with two attached hydrogens (primary N) is 1. The van der Waals surface area contributed by atoms with E-state index in [1.807, 2.05) is 0 Å². The Bertz CT molecular complexity index is 751. The maximum absolute atomic E-state index is 11.4. The lowest BCUT2D eigenvalue weighted by molar-refractivity contribution is -0.0661. The van der Waals surface area contributed by atoms with Crippen molar-refractivity contribution in [3.63, 3.8) is 0 Å². The van der Waals surface area contributed by atoms with E-state index < -0.39 is 26.3 Å². The molecule has 2 aliphatic heterocycles. The number of rotatable bonds is 1. The summed E-state index contributed by atoms with van der Waals surface area (Å²) < 4.78 is 28.7. The van der Waals surface area contributed by atoms with E-state index in [-0.39, 0.29) is 12.4 Å². The van der Waals surface area contributed by atoms with Gasteiger partial charge in [0.2, 0.25) is 0 Å². The summed E-state index contributed by atoms with van der Waals surface area (Å²) in [5.74, 6) is 0.286. The number of phosphoric ester groups is 1. The highest BCUT2D eigenvalue weighted by Crippen LogP contribution is 2.52. The molecule has 0 aromatic carbocycles. The van der Waals surface area contributed by atoms with Gasteiger partial charge in [0.1, 0.15) is 30.3 Å². The van der Waals surface area contributed by atoms with Crippen LogP contribution >= 0.6 is 7.82 Å². The number of nitrogens with zero attached hydrogens (tertiary/aromatic N) is 4. The van der Waals surface area contributed by atoms with Crippen LogP contribution in [-0.4, -0.2) is 43.2 Å². The molecule has 2 fully saturated rings. The van der Waals surface area contributed by atoms with Crippen molar-refractivity contribution < 1.29 is 23.2 Å². The molecule has 0 saturated carbocycles. The second-order valence-electron chi connectivity index (χ2n) is 4.86. The van der Waals surface area contributed by atoms with Crippen molar-refractivity contribution in [1.82, 2.24) is 19.5 Å². The molecule has 4 atom stereocenters. The number of fused-ring (bicyclic) bond motifs is 2. The Morgan fingerprint density at radius 1 is 1.38 bits per heavy atom. The van der Waals surface area contributed by atoms with Crippen LogP contribution in [0.5, 0.6) is 0 Å². The first-order valence-electron chi connectivity index (χ1n) is 6.28. The van der Waals surface area contributed by atoms with Gasteiger partial charge in [0.05, 0.1) is 12.9 Å². The number of anilines is 1. The van der Waals surface area contributed by atoms with Gasteiger partial charge < -0.3 is 15.4 Å². The first-order valence-corrected chi connectivity index (χ1v) is 7.77. The van der Waals surface area contributed by atoms with Crippen LogP contribution in [0, 0.1) is 0 Å². The van der Waals surface area contributed by atoms with Crippen molar-refractivity contribution in [2.45, 2.75) is 24.9 Å². The van der Waals surface area contributed by atoms with Crippen molar-refractivity contribution in [2.24, 2.45) is 0 Å². The Kier molecular flexibility index (Phi) is 2.78. The van der Waals surface area contributed by atoms with E-state index in [9.17, 15) is 9.46 Å². The van der Waals surface area contributed by atoms with Crippen molar-refractivity contribution in [1.29, 1.82) is 0 Å². The highest BCUT2D eigenvalue weighted by molar-refractivity contribution is 7.47. The third kappa shape index (κ3) is 2.12. The minimum atomic E-state index is -3.97. The van der Waals surface area contributed by atoms with Crippen molar-refractivity contribution in [3.05, 3.63) is 12.7 Å². The Labute approximate surface area is 118 Å². The van der Waals surface area contributed by atoms with Gasteiger partial charge in [0.15, 0.2) is 11.5 Å². The number of phosphoric acid groups is 1. The quantitative estimate of drug-likeness (QED) is 0.708. The Morgan fingerprint density at radius 3 is 3.10 bits per heavy atom. The maximum Gasteiger partial charge on any atom is 0.472 e. The van der Waals surface area contributed by atoms with Crippen LogP contribution in [0.1, 0.15) is 12.6 Å². The molecule has 2 saturated heterocycles. The summed E-state index contributed by atoms with van der Waals surface area (Å²) in [5, 5.41) is 0. The summed E-state index contributed by atoms with van der Waals surface area (Å²) in [7, 11) is -3.97.